The van der Waals surface area contributed by atoms with E-state index in [1.165, 1.54) is 16.2 Å². The minimum absolute atomic E-state index is 0.0733. The van der Waals surface area contributed by atoms with Crippen LogP contribution in [0.15, 0.2) is 54.0 Å². The first-order chi connectivity index (χ1) is 17.4. The largest absolute Gasteiger partial charge is 0.490 e. The quantitative estimate of drug-likeness (QED) is 0.264. The fraction of sp³-hybridized carbons (Fsp3) is 0.136. The SMILES string of the molecule is O=C(O)C(F)(F)F.O=C(O)Nc1nc2ccc(C3(O)c4ccccc4C(=O)N3Cc3nccs3)cc2[nH]1. The lowest BCUT2D eigenvalue weighted by molar-refractivity contribution is -0.192. The zero-order valence-corrected chi connectivity index (χ0v) is 19.2. The number of carboxylic acid groups (broad SMARTS) is 2. The Labute approximate surface area is 208 Å². The number of carbonyl (C=O) groups excluding carboxylic acids is 1. The van der Waals surface area contributed by atoms with Gasteiger partial charge < -0.3 is 20.3 Å². The van der Waals surface area contributed by atoms with E-state index in [4.69, 9.17) is 15.0 Å². The van der Waals surface area contributed by atoms with E-state index in [1.54, 1.807) is 48.7 Å². The van der Waals surface area contributed by atoms with E-state index in [1.807, 2.05) is 5.38 Å². The summed E-state index contributed by atoms with van der Waals surface area (Å²) in [5.41, 5.74) is 0.698. The van der Waals surface area contributed by atoms with Gasteiger partial charge in [-0.05, 0) is 18.2 Å². The van der Waals surface area contributed by atoms with Crippen molar-refractivity contribution in [2.75, 3.05) is 5.32 Å². The van der Waals surface area contributed by atoms with E-state index in [0.29, 0.717) is 32.7 Å². The fourth-order valence-corrected chi connectivity index (χ4v) is 4.37. The Morgan fingerprint density at radius 2 is 1.86 bits per heavy atom. The van der Waals surface area contributed by atoms with Crippen LogP contribution in [-0.4, -0.2) is 59.3 Å². The maximum atomic E-state index is 13.1. The number of thiazole rings is 1. The number of hydrogen-bond donors (Lipinski definition) is 5. The number of nitrogens with one attached hydrogen (secondary N) is 2. The van der Waals surface area contributed by atoms with E-state index >= 15 is 0 Å². The van der Waals surface area contributed by atoms with Gasteiger partial charge in [-0.1, -0.05) is 24.3 Å². The summed E-state index contributed by atoms with van der Waals surface area (Å²) in [6.45, 7) is 0.147. The zero-order chi connectivity index (χ0) is 27.0. The van der Waals surface area contributed by atoms with Gasteiger partial charge in [0.25, 0.3) is 5.91 Å². The Morgan fingerprint density at radius 1 is 1.16 bits per heavy atom. The number of benzene rings is 2. The Balaban J connectivity index is 0.000000405. The number of aliphatic carboxylic acids is 1. The second kappa shape index (κ2) is 9.51. The maximum Gasteiger partial charge on any atom is 0.490 e. The van der Waals surface area contributed by atoms with E-state index in [2.05, 4.69) is 20.3 Å². The topological polar surface area (TPSA) is 169 Å². The highest BCUT2D eigenvalue weighted by atomic mass is 32.1. The van der Waals surface area contributed by atoms with Crippen LogP contribution in [0.4, 0.5) is 23.9 Å². The zero-order valence-electron chi connectivity index (χ0n) is 18.4. The van der Waals surface area contributed by atoms with Gasteiger partial charge in [0.2, 0.25) is 5.95 Å². The number of fused-ring (bicyclic) bond motifs is 2. The molecule has 0 fully saturated rings. The summed E-state index contributed by atoms with van der Waals surface area (Å²) in [4.78, 5) is 45.6. The molecule has 5 rings (SSSR count). The molecule has 1 aliphatic rings. The lowest BCUT2D eigenvalue weighted by Gasteiger charge is -2.34. The summed E-state index contributed by atoms with van der Waals surface area (Å²) >= 11 is 1.40. The first-order valence-electron chi connectivity index (χ1n) is 10.2. The molecule has 11 nitrogen and oxygen atoms in total. The molecule has 0 saturated heterocycles. The number of halogens is 3. The molecule has 4 aromatic rings. The van der Waals surface area contributed by atoms with Crippen molar-refractivity contribution >= 4 is 46.3 Å². The number of aromatic amines is 1. The molecule has 1 aliphatic heterocycles. The van der Waals surface area contributed by atoms with Crippen LogP contribution in [0.3, 0.4) is 0 Å². The number of imidazole rings is 1. The van der Waals surface area contributed by atoms with Gasteiger partial charge in [0, 0.05) is 28.3 Å². The van der Waals surface area contributed by atoms with Crippen LogP contribution in [0.5, 0.6) is 0 Å². The second-order valence-corrected chi connectivity index (χ2v) is 8.56. The molecule has 1 unspecified atom stereocenters. The molecule has 37 heavy (non-hydrogen) atoms. The van der Waals surface area contributed by atoms with Gasteiger partial charge >= 0.3 is 18.2 Å². The molecule has 0 aliphatic carbocycles. The monoisotopic (exact) mass is 535 g/mol. The third-order valence-electron chi connectivity index (χ3n) is 5.30. The highest BCUT2D eigenvalue weighted by Gasteiger charge is 2.50. The number of amides is 2. The first kappa shape index (κ1) is 25.6. The first-order valence-corrected chi connectivity index (χ1v) is 11.1. The average molecular weight is 535 g/mol. The van der Waals surface area contributed by atoms with Crippen LogP contribution in [0.2, 0.25) is 0 Å². The number of nitrogens with zero attached hydrogens (tertiary/aromatic N) is 3. The molecule has 192 valence electrons. The molecule has 2 aromatic heterocycles. The van der Waals surface area contributed by atoms with E-state index in [0.717, 1.165) is 0 Å². The van der Waals surface area contributed by atoms with Crippen molar-refractivity contribution in [2.45, 2.75) is 18.4 Å². The van der Waals surface area contributed by atoms with Gasteiger partial charge in [-0.2, -0.15) is 13.2 Å². The van der Waals surface area contributed by atoms with Gasteiger partial charge in [-0.15, -0.1) is 11.3 Å². The van der Waals surface area contributed by atoms with Crippen molar-refractivity contribution in [3.8, 4) is 0 Å². The number of hydrogen-bond acceptors (Lipinski definition) is 7. The molecule has 2 amide bonds. The summed E-state index contributed by atoms with van der Waals surface area (Å²) in [5, 5.41) is 32.6. The molecule has 0 bridgehead atoms. The Morgan fingerprint density at radius 3 is 2.49 bits per heavy atom. The average Bonchev–Trinajstić information content (AvgIpc) is 3.53. The molecular formula is C22H16F3N5O6S. The van der Waals surface area contributed by atoms with Gasteiger partial charge in [-0.3, -0.25) is 15.0 Å². The van der Waals surface area contributed by atoms with Crippen molar-refractivity contribution < 1.29 is 42.9 Å². The summed E-state index contributed by atoms with van der Waals surface area (Å²) in [6.07, 6.45) is -4.67. The smallest absolute Gasteiger partial charge is 0.475 e. The highest BCUT2D eigenvalue weighted by Crippen LogP contribution is 2.43. The number of rotatable bonds is 4. The third kappa shape index (κ3) is 4.94. The summed E-state index contributed by atoms with van der Waals surface area (Å²) in [6, 6.07) is 12.0. The molecule has 5 N–H and O–H groups in total. The fourth-order valence-electron chi connectivity index (χ4n) is 3.76. The van der Waals surface area contributed by atoms with Crippen LogP contribution >= 0.6 is 11.3 Å². The van der Waals surface area contributed by atoms with Gasteiger partial charge in [0.15, 0.2) is 5.72 Å². The third-order valence-corrected chi connectivity index (χ3v) is 6.06. The summed E-state index contributed by atoms with van der Waals surface area (Å²) in [5.74, 6) is -2.97. The predicted octanol–water partition coefficient (Wildman–Crippen LogP) is 3.59. The van der Waals surface area contributed by atoms with E-state index in [9.17, 15) is 27.9 Å². The van der Waals surface area contributed by atoms with Crippen LogP contribution in [0, 0.1) is 0 Å². The van der Waals surface area contributed by atoms with Gasteiger partial charge in [0.05, 0.1) is 17.6 Å². The van der Waals surface area contributed by atoms with Crippen LogP contribution in [0.1, 0.15) is 26.5 Å². The number of alkyl halides is 3. The summed E-state index contributed by atoms with van der Waals surface area (Å²) < 4.78 is 31.7. The van der Waals surface area contributed by atoms with Crippen LogP contribution in [0.25, 0.3) is 11.0 Å². The number of carbonyl (C=O) groups is 3. The number of carboxylic acids is 1. The Bertz CT molecular complexity index is 1490. The number of anilines is 1. The lowest BCUT2D eigenvalue weighted by atomic mass is 9.93. The van der Waals surface area contributed by atoms with Crippen molar-refractivity contribution in [1.82, 2.24) is 19.9 Å². The Hall–Kier alpha value is -4.50. The van der Waals surface area contributed by atoms with Crippen molar-refractivity contribution in [2.24, 2.45) is 0 Å². The molecule has 0 radical (unpaired) electrons. The molecule has 1 atom stereocenters. The van der Waals surface area contributed by atoms with Crippen molar-refractivity contribution in [1.29, 1.82) is 0 Å². The predicted molar refractivity (Wildman–Crippen MR) is 123 cm³/mol. The highest BCUT2D eigenvalue weighted by molar-refractivity contribution is 7.09. The second-order valence-electron chi connectivity index (χ2n) is 7.59. The Kier molecular flexibility index (Phi) is 6.58. The molecule has 3 heterocycles. The molecule has 2 aromatic carbocycles. The maximum absolute atomic E-state index is 13.1. The van der Waals surface area contributed by atoms with E-state index in [-0.39, 0.29) is 18.4 Å². The number of aromatic nitrogens is 3. The summed E-state index contributed by atoms with van der Waals surface area (Å²) in [7, 11) is 0. The van der Waals surface area contributed by atoms with Crippen molar-refractivity contribution in [3.05, 3.63) is 75.7 Å². The van der Waals surface area contributed by atoms with Crippen molar-refractivity contribution in [3.63, 3.8) is 0 Å². The van der Waals surface area contributed by atoms with Crippen LogP contribution in [-0.2, 0) is 17.1 Å². The minimum atomic E-state index is -5.08. The standard InChI is InChI=1S/C20H15N5O4S.C2HF3O2/c26-17-12-3-1-2-4-13(12)20(29,25(17)10-16-21-7-8-30-16)11-5-6-14-15(9-11)23-18(22-14)24-19(27)28;3-2(4,5)1(6)7/h1-9,29H,10H2,(H,27,28)(H2,22,23,24);(H,6,7). The van der Waals surface area contributed by atoms with Gasteiger partial charge in [-0.25, -0.2) is 19.6 Å². The number of H-pyrrole nitrogens is 1. The van der Waals surface area contributed by atoms with Crippen LogP contribution < -0.4 is 5.32 Å². The minimum Gasteiger partial charge on any atom is -0.475 e. The molecular weight excluding hydrogens is 519 g/mol. The van der Waals surface area contributed by atoms with Gasteiger partial charge in [0.1, 0.15) is 5.01 Å². The molecule has 0 spiro atoms. The molecule has 15 heteroatoms. The lowest BCUT2D eigenvalue weighted by Crippen LogP contribution is -2.44. The normalized spacial score (nSPS) is 16.8. The number of aliphatic hydroxyl groups is 1. The molecule has 0 saturated carbocycles. The van der Waals surface area contributed by atoms with E-state index < -0.39 is 24.0 Å².